The molecule has 2 amide bonds. The Balaban J connectivity index is 2.63. The van der Waals surface area contributed by atoms with E-state index in [1.54, 1.807) is 25.1 Å². The van der Waals surface area contributed by atoms with Gasteiger partial charge in [-0.3, -0.25) is 9.59 Å². The fourth-order valence-corrected chi connectivity index (χ4v) is 1.63. The highest BCUT2D eigenvalue weighted by atomic mass is 16.3. The van der Waals surface area contributed by atoms with Gasteiger partial charge in [0.1, 0.15) is 0 Å². The molecule has 104 valence electrons. The SMILES string of the molecule is CC(=O)Nc1ccc(NC(=O)CCC(C)O)cc1C. The first-order valence-corrected chi connectivity index (χ1v) is 6.24. The lowest BCUT2D eigenvalue weighted by atomic mass is 10.1. The summed E-state index contributed by atoms with van der Waals surface area (Å²) in [6, 6.07) is 5.28. The average molecular weight is 264 g/mol. The molecule has 0 aromatic heterocycles. The van der Waals surface area contributed by atoms with E-state index in [1.165, 1.54) is 6.92 Å². The van der Waals surface area contributed by atoms with E-state index < -0.39 is 6.10 Å². The number of hydrogen-bond donors (Lipinski definition) is 3. The zero-order valence-corrected chi connectivity index (χ0v) is 11.5. The van der Waals surface area contributed by atoms with Gasteiger partial charge in [0.05, 0.1) is 6.10 Å². The molecule has 0 saturated carbocycles. The highest BCUT2D eigenvalue weighted by Gasteiger charge is 2.06. The molecule has 19 heavy (non-hydrogen) atoms. The maximum absolute atomic E-state index is 11.6. The van der Waals surface area contributed by atoms with E-state index in [2.05, 4.69) is 10.6 Å². The van der Waals surface area contributed by atoms with Gasteiger partial charge in [0.2, 0.25) is 11.8 Å². The number of carbonyl (C=O) groups excluding carboxylic acids is 2. The zero-order valence-electron chi connectivity index (χ0n) is 11.5. The van der Waals surface area contributed by atoms with Crippen LogP contribution in [0.25, 0.3) is 0 Å². The topological polar surface area (TPSA) is 78.4 Å². The van der Waals surface area contributed by atoms with Crippen LogP contribution in [0, 0.1) is 6.92 Å². The van der Waals surface area contributed by atoms with Gasteiger partial charge in [-0.05, 0) is 44.0 Å². The molecule has 0 heterocycles. The number of hydrogen-bond acceptors (Lipinski definition) is 3. The quantitative estimate of drug-likeness (QED) is 0.761. The van der Waals surface area contributed by atoms with Crippen LogP contribution in [0.1, 0.15) is 32.3 Å². The first-order valence-electron chi connectivity index (χ1n) is 6.24. The molecule has 1 aromatic rings. The van der Waals surface area contributed by atoms with Crippen LogP contribution in [0.5, 0.6) is 0 Å². The van der Waals surface area contributed by atoms with Crippen molar-refractivity contribution in [1.82, 2.24) is 0 Å². The Labute approximate surface area is 113 Å². The van der Waals surface area contributed by atoms with Crippen molar-refractivity contribution in [3.63, 3.8) is 0 Å². The molecule has 0 aliphatic carbocycles. The van der Waals surface area contributed by atoms with E-state index in [-0.39, 0.29) is 18.2 Å². The Kier molecular flexibility index (Phi) is 5.51. The van der Waals surface area contributed by atoms with Gasteiger partial charge in [-0.15, -0.1) is 0 Å². The van der Waals surface area contributed by atoms with Crippen LogP contribution in [0.15, 0.2) is 18.2 Å². The number of anilines is 2. The molecule has 0 bridgehead atoms. The van der Waals surface area contributed by atoms with Crippen LogP contribution >= 0.6 is 0 Å². The van der Waals surface area contributed by atoms with Crippen LogP contribution in [-0.4, -0.2) is 23.0 Å². The lowest BCUT2D eigenvalue weighted by Crippen LogP contribution is -2.14. The van der Waals surface area contributed by atoms with Gasteiger partial charge in [0, 0.05) is 24.7 Å². The maximum atomic E-state index is 11.6. The van der Waals surface area contributed by atoms with Crippen molar-refractivity contribution >= 4 is 23.2 Å². The molecule has 5 heteroatoms. The molecule has 1 atom stereocenters. The summed E-state index contributed by atoms with van der Waals surface area (Å²) in [4.78, 5) is 22.6. The van der Waals surface area contributed by atoms with E-state index in [9.17, 15) is 9.59 Å². The monoisotopic (exact) mass is 264 g/mol. The third kappa shape index (κ3) is 5.52. The molecule has 5 nitrogen and oxygen atoms in total. The molecule has 0 aliphatic heterocycles. The number of benzene rings is 1. The first kappa shape index (κ1) is 15.2. The number of aliphatic hydroxyl groups excluding tert-OH is 1. The number of rotatable bonds is 5. The molecule has 1 rings (SSSR count). The predicted molar refractivity (Wildman–Crippen MR) is 75.0 cm³/mol. The van der Waals surface area contributed by atoms with Crippen molar-refractivity contribution in [2.45, 2.75) is 39.7 Å². The fraction of sp³-hybridized carbons (Fsp3) is 0.429. The standard InChI is InChI=1S/C14H20N2O3/c1-9-8-12(5-6-13(9)15-11(3)18)16-14(19)7-4-10(2)17/h5-6,8,10,17H,4,7H2,1-3H3,(H,15,18)(H,16,19). The van der Waals surface area contributed by atoms with Crippen molar-refractivity contribution in [3.05, 3.63) is 23.8 Å². The van der Waals surface area contributed by atoms with Crippen LogP contribution < -0.4 is 10.6 Å². The van der Waals surface area contributed by atoms with Crippen molar-refractivity contribution in [3.8, 4) is 0 Å². The summed E-state index contributed by atoms with van der Waals surface area (Å²) in [5.41, 5.74) is 2.29. The van der Waals surface area contributed by atoms with Crippen molar-refractivity contribution < 1.29 is 14.7 Å². The third-order valence-electron chi connectivity index (χ3n) is 2.61. The lowest BCUT2D eigenvalue weighted by molar-refractivity contribution is -0.117. The summed E-state index contributed by atoms with van der Waals surface area (Å²) in [7, 11) is 0. The highest BCUT2D eigenvalue weighted by molar-refractivity contribution is 5.92. The van der Waals surface area contributed by atoms with Gasteiger partial charge >= 0.3 is 0 Å². The minimum absolute atomic E-state index is 0.128. The van der Waals surface area contributed by atoms with Crippen LogP contribution in [-0.2, 0) is 9.59 Å². The van der Waals surface area contributed by atoms with E-state index in [1.807, 2.05) is 6.92 Å². The van der Waals surface area contributed by atoms with Crippen molar-refractivity contribution in [2.24, 2.45) is 0 Å². The lowest BCUT2D eigenvalue weighted by Gasteiger charge is -2.10. The predicted octanol–water partition coefficient (Wildman–Crippen LogP) is 2.05. The molecule has 1 aromatic carbocycles. The molecular formula is C14H20N2O3. The molecule has 1 unspecified atom stereocenters. The fourth-order valence-electron chi connectivity index (χ4n) is 1.63. The summed E-state index contributed by atoms with van der Waals surface area (Å²) < 4.78 is 0. The Hall–Kier alpha value is -1.88. The second-order valence-electron chi connectivity index (χ2n) is 4.65. The second kappa shape index (κ2) is 6.89. The van der Waals surface area contributed by atoms with Gasteiger partial charge in [0.25, 0.3) is 0 Å². The van der Waals surface area contributed by atoms with Crippen LogP contribution in [0.3, 0.4) is 0 Å². The molecule has 0 saturated heterocycles. The Morgan fingerprint density at radius 3 is 2.53 bits per heavy atom. The number of carbonyl (C=O) groups is 2. The van der Waals surface area contributed by atoms with Gasteiger partial charge in [-0.1, -0.05) is 0 Å². The molecule has 0 spiro atoms. The largest absolute Gasteiger partial charge is 0.393 e. The zero-order chi connectivity index (χ0) is 14.4. The summed E-state index contributed by atoms with van der Waals surface area (Å²) in [5.74, 6) is -0.260. The molecule has 0 radical (unpaired) electrons. The van der Waals surface area contributed by atoms with Crippen molar-refractivity contribution in [2.75, 3.05) is 10.6 Å². The Bertz CT molecular complexity index is 470. The number of aryl methyl sites for hydroxylation is 1. The highest BCUT2D eigenvalue weighted by Crippen LogP contribution is 2.19. The summed E-state index contributed by atoms with van der Waals surface area (Å²) in [5, 5.41) is 14.6. The summed E-state index contributed by atoms with van der Waals surface area (Å²) >= 11 is 0. The summed E-state index contributed by atoms with van der Waals surface area (Å²) in [6.45, 7) is 4.96. The second-order valence-corrected chi connectivity index (χ2v) is 4.65. The third-order valence-corrected chi connectivity index (χ3v) is 2.61. The minimum Gasteiger partial charge on any atom is -0.393 e. The van der Waals surface area contributed by atoms with Gasteiger partial charge < -0.3 is 15.7 Å². The number of aliphatic hydroxyl groups is 1. The van der Waals surface area contributed by atoms with E-state index in [0.29, 0.717) is 12.1 Å². The molecule has 0 aliphatic rings. The van der Waals surface area contributed by atoms with Crippen molar-refractivity contribution in [1.29, 1.82) is 0 Å². The molecule has 3 N–H and O–H groups in total. The van der Waals surface area contributed by atoms with Gasteiger partial charge in [0.15, 0.2) is 0 Å². The Morgan fingerprint density at radius 2 is 2.00 bits per heavy atom. The van der Waals surface area contributed by atoms with Crippen LogP contribution in [0.4, 0.5) is 11.4 Å². The normalized spacial score (nSPS) is 11.8. The molecular weight excluding hydrogens is 244 g/mol. The Morgan fingerprint density at radius 1 is 1.32 bits per heavy atom. The van der Waals surface area contributed by atoms with E-state index >= 15 is 0 Å². The van der Waals surface area contributed by atoms with Gasteiger partial charge in [-0.2, -0.15) is 0 Å². The molecule has 0 fully saturated rings. The summed E-state index contributed by atoms with van der Waals surface area (Å²) in [6.07, 6.45) is 0.244. The number of nitrogens with one attached hydrogen (secondary N) is 2. The minimum atomic E-state index is -0.477. The smallest absolute Gasteiger partial charge is 0.224 e. The van der Waals surface area contributed by atoms with E-state index in [4.69, 9.17) is 5.11 Å². The first-order chi connectivity index (χ1) is 8.88. The maximum Gasteiger partial charge on any atom is 0.224 e. The van der Waals surface area contributed by atoms with Crippen LogP contribution in [0.2, 0.25) is 0 Å². The van der Waals surface area contributed by atoms with E-state index in [0.717, 1.165) is 11.3 Å². The average Bonchev–Trinajstić information content (AvgIpc) is 2.29. The number of amides is 2. The van der Waals surface area contributed by atoms with Gasteiger partial charge in [-0.25, -0.2) is 0 Å².